The fourth-order valence-electron chi connectivity index (χ4n) is 1.98. The zero-order chi connectivity index (χ0) is 13.2. The molecule has 0 atom stereocenters. The minimum atomic E-state index is 0.615. The van der Waals surface area contributed by atoms with Gasteiger partial charge in [-0.15, -0.1) is 11.3 Å². The van der Waals surface area contributed by atoms with Gasteiger partial charge in [0.15, 0.2) is 0 Å². The Balaban J connectivity index is 2.18. The Kier molecular flexibility index (Phi) is 2.90. The molecule has 0 saturated heterocycles. The van der Waals surface area contributed by atoms with E-state index in [1.807, 2.05) is 60.6 Å². The Morgan fingerprint density at radius 3 is 2.89 bits per heavy atom. The monoisotopic (exact) mass is 265 g/mol. The van der Waals surface area contributed by atoms with E-state index in [1.165, 1.54) is 0 Å². The fourth-order valence-corrected chi connectivity index (χ4v) is 2.95. The molecule has 4 heteroatoms. The highest BCUT2D eigenvalue weighted by Gasteiger charge is 2.15. The van der Waals surface area contributed by atoms with Crippen molar-refractivity contribution in [1.29, 1.82) is 5.26 Å². The van der Waals surface area contributed by atoms with Crippen LogP contribution in [0.3, 0.4) is 0 Å². The van der Waals surface area contributed by atoms with Crippen molar-refractivity contribution >= 4 is 27.1 Å². The van der Waals surface area contributed by atoms with Crippen molar-refractivity contribution in [1.82, 2.24) is 9.88 Å². The summed E-state index contributed by atoms with van der Waals surface area (Å²) in [5.41, 5.74) is 2.43. The third kappa shape index (κ3) is 2.05. The number of hydrogen-bond acceptors (Lipinski definition) is 4. The minimum Gasteiger partial charge on any atom is -0.350 e. The van der Waals surface area contributed by atoms with Crippen LogP contribution in [0.5, 0.6) is 0 Å². The molecule has 1 aromatic heterocycles. The molecule has 0 N–H and O–H groups in total. The van der Waals surface area contributed by atoms with Crippen molar-refractivity contribution < 1.29 is 0 Å². The summed E-state index contributed by atoms with van der Waals surface area (Å²) in [4.78, 5) is 6.48. The van der Waals surface area contributed by atoms with Gasteiger partial charge >= 0.3 is 0 Å². The number of thiazole rings is 1. The van der Waals surface area contributed by atoms with E-state index < -0.39 is 0 Å². The molecule has 0 saturated carbocycles. The second kappa shape index (κ2) is 4.71. The Labute approximate surface area is 115 Å². The largest absolute Gasteiger partial charge is 0.350 e. The lowest BCUT2D eigenvalue weighted by Gasteiger charge is -2.18. The van der Waals surface area contributed by atoms with Gasteiger partial charge in [0.25, 0.3) is 0 Å². The quantitative estimate of drug-likeness (QED) is 0.740. The average Bonchev–Trinajstić information content (AvgIpc) is 2.85. The molecule has 1 aromatic carbocycles. The molecule has 0 bridgehead atoms. The molecule has 1 aliphatic heterocycles. The smallest absolute Gasteiger partial charge is 0.137 e. The topological polar surface area (TPSA) is 39.9 Å². The van der Waals surface area contributed by atoms with Gasteiger partial charge < -0.3 is 4.90 Å². The van der Waals surface area contributed by atoms with E-state index in [1.54, 1.807) is 11.3 Å². The van der Waals surface area contributed by atoms with E-state index in [-0.39, 0.29) is 0 Å². The maximum Gasteiger partial charge on any atom is 0.137 e. The standard InChI is InChI=1S/C15H11N3S/c1-18-9-5-4-7-13(18)11(10-16)15-17-12-6-2-3-8-14(12)19-15/h2-9H,1H3. The third-order valence-corrected chi connectivity index (χ3v) is 3.98. The van der Waals surface area contributed by atoms with Crippen molar-refractivity contribution in [3.8, 4) is 6.07 Å². The molecule has 0 aliphatic carbocycles. The molecule has 92 valence electrons. The molecule has 0 fully saturated rings. The van der Waals surface area contributed by atoms with Crippen LogP contribution in [0.25, 0.3) is 15.8 Å². The number of nitriles is 1. The first-order chi connectivity index (χ1) is 9.29. The van der Waals surface area contributed by atoms with Gasteiger partial charge in [0, 0.05) is 13.2 Å². The Morgan fingerprint density at radius 2 is 2.16 bits per heavy atom. The molecule has 0 spiro atoms. The molecule has 0 unspecified atom stereocenters. The zero-order valence-corrected chi connectivity index (χ0v) is 11.2. The Hall–Kier alpha value is -2.38. The van der Waals surface area contributed by atoms with E-state index in [9.17, 15) is 5.26 Å². The van der Waals surface area contributed by atoms with Gasteiger partial charge in [-0.1, -0.05) is 18.2 Å². The second-order valence-corrected chi connectivity index (χ2v) is 5.20. The maximum absolute atomic E-state index is 9.45. The molecule has 0 amide bonds. The molecule has 3 nitrogen and oxygen atoms in total. The molecular formula is C15H11N3S. The summed E-state index contributed by atoms with van der Waals surface area (Å²) >= 11 is 1.55. The summed E-state index contributed by atoms with van der Waals surface area (Å²) in [5.74, 6) is 0. The summed E-state index contributed by atoms with van der Waals surface area (Å²) < 4.78 is 1.10. The van der Waals surface area contributed by atoms with Gasteiger partial charge in [-0.3, -0.25) is 0 Å². The van der Waals surface area contributed by atoms with Gasteiger partial charge in [0.1, 0.15) is 16.6 Å². The van der Waals surface area contributed by atoms with Gasteiger partial charge in [-0.25, -0.2) is 4.98 Å². The summed E-state index contributed by atoms with van der Waals surface area (Å²) in [6.45, 7) is 0. The van der Waals surface area contributed by atoms with Gasteiger partial charge in [-0.05, 0) is 24.3 Å². The summed E-state index contributed by atoms with van der Waals surface area (Å²) in [5, 5.41) is 10.2. The summed E-state index contributed by atoms with van der Waals surface area (Å²) in [6, 6.07) is 10.2. The van der Waals surface area contributed by atoms with Crippen LogP contribution >= 0.6 is 11.3 Å². The second-order valence-electron chi connectivity index (χ2n) is 4.17. The SMILES string of the molecule is CN1C=CC=CC1=C(C#N)c1nc2ccccc2s1. The van der Waals surface area contributed by atoms with Crippen LogP contribution < -0.4 is 0 Å². The van der Waals surface area contributed by atoms with Gasteiger partial charge in [0.05, 0.1) is 15.9 Å². The molecule has 1 aliphatic rings. The number of aromatic nitrogens is 1. The maximum atomic E-state index is 9.45. The highest BCUT2D eigenvalue weighted by molar-refractivity contribution is 7.19. The lowest BCUT2D eigenvalue weighted by molar-refractivity contribution is 0.587. The molecule has 19 heavy (non-hydrogen) atoms. The number of likely N-dealkylation sites (N-methyl/N-ethyl adjacent to an activating group) is 1. The first kappa shape index (κ1) is 11.7. The highest BCUT2D eigenvalue weighted by Crippen LogP contribution is 2.30. The van der Waals surface area contributed by atoms with Crippen LogP contribution in [-0.4, -0.2) is 16.9 Å². The predicted molar refractivity (Wildman–Crippen MR) is 78.2 cm³/mol. The number of nitrogens with zero attached hydrogens (tertiary/aromatic N) is 3. The minimum absolute atomic E-state index is 0.615. The first-order valence-corrected chi connectivity index (χ1v) is 6.69. The number of para-hydroxylation sites is 1. The summed E-state index contributed by atoms with van der Waals surface area (Å²) in [7, 11) is 1.93. The van der Waals surface area contributed by atoms with E-state index >= 15 is 0 Å². The Morgan fingerprint density at radius 1 is 1.32 bits per heavy atom. The number of hydrogen-bond donors (Lipinski definition) is 0. The van der Waals surface area contributed by atoms with Crippen LogP contribution in [0.2, 0.25) is 0 Å². The first-order valence-electron chi connectivity index (χ1n) is 5.87. The third-order valence-electron chi connectivity index (χ3n) is 2.93. The van der Waals surface area contributed by atoms with Crippen molar-refractivity contribution in [2.75, 3.05) is 7.05 Å². The molecule has 2 aromatic rings. The lowest BCUT2D eigenvalue weighted by Crippen LogP contribution is -2.12. The van der Waals surface area contributed by atoms with Crippen LogP contribution in [0.15, 0.2) is 54.4 Å². The van der Waals surface area contributed by atoms with Gasteiger partial charge in [0.2, 0.25) is 0 Å². The van der Waals surface area contributed by atoms with Crippen LogP contribution in [0, 0.1) is 11.3 Å². The highest BCUT2D eigenvalue weighted by atomic mass is 32.1. The van der Waals surface area contributed by atoms with E-state index in [2.05, 4.69) is 11.1 Å². The number of benzene rings is 1. The Bertz CT molecular complexity index is 726. The number of allylic oxidation sites excluding steroid dienone is 4. The summed E-state index contributed by atoms with van der Waals surface area (Å²) in [6.07, 6.45) is 7.74. The zero-order valence-electron chi connectivity index (χ0n) is 10.4. The molecule has 2 heterocycles. The van der Waals surface area contributed by atoms with E-state index in [0.29, 0.717) is 5.57 Å². The number of rotatable bonds is 1. The molecular weight excluding hydrogens is 254 g/mol. The number of fused-ring (bicyclic) bond motifs is 1. The van der Waals surface area contributed by atoms with Crippen molar-refractivity contribution in [3.63, 3.8) is 0 Å². The van der Waals surface area contributed by atoms with Crippen LogP contribution in [-0.2, 0) is 0 Å². The van der Waals surface area contributed by atoms with E-state index in [0.717, 1.165) is 20.9 Å². The van der Waals surface area contributed by atoms with Gasteiger partial charge in [-0.2, -0.15) is 5.26 Å². The predicted octanol–water partition coefficient (Wildman–Crippen LogP) is 3.55. The van der Waals surface area contributed by atoms with Crippen molar-refractivity contribution in [2.24, 2.45) is 0 Å². The van der Waals surface area contributed by atoms with Crippen LogP contribution in [0.1, 0.15) is 5.01 Å². The van der Waals surface area contributed by atoms with E-state index in [4.69, 9.17) is 0 Å². The van der Waals surface area contributed by atoms with Crippen molar-refractivity contribution in [2.45, 2.75) is 0 Å². The van der Waals surface area contributed by atoms with Crippen LogP contribution in [0.4, 0.5) is 0 Å². The lowest BCUT2D eigenvalue weighted by atomic mass is 10.1. The normalized spacial score (nSPS) is 16.7. The average molecular weight is 265 g/mol. The molecule has 3 rings (SSSR count). The van der Waals surface area contributed by atoms with Crippen molar-refractivity contribution in [3.05, 3.63) is 59.4 Å². The molecule has 0 radical (unpaired) electrons. The fraction of sp³-hybridized carbons (Fsp3) is 0.0667.